The number of sulfonamides is 1. The lowest BCUT2D eigenvalue weighted by Crippen LogP contribution is -2.45. The van der Waals surface area contributed by atoms with Crippen molar-refractivity contribution in [1.29, 1.82) is 0 Å². The second kappa shape index (κ2) is 7.42. The largest absolute Gasteiger partial charge is 0.324 e. The lowest BCUT2D eigenvalue weighted by Gasteiger charge is -2.25. The quantitative estimate of drug-likeness (QED) is 0.732. The minimum absolute atomic E-state index is 0.119. The third-order valence-corrected chi connectivity index (χ3v) is 5.92. The fourth-order valence-electron chi connectivity index (χ4n) is 2.60. The van der Waals surface area contributed by atoms with Crippen LogP contribution in [0.2, 0.25) is 0 Å². The Kier molecular flexibility index (Phi) is 5.79. The van der Waals surface area contributed by atoms with Crippen molar-refractivity contribution < 1.29 is 13.2 Å². The van der Waals surface area contributed by atoms with Crippen molar-refractivity contribution in [3.63, 3.8) is 0 Å². The van der Waals surface area contributed by atoms with Gasteiger partial charge in [0.2, 0.25) is 15.9 Å². The molecule has 0 fully saturated rings. The highest BCUT2D eigenvalue weighted by Crippen LogP contribution is 2.24. The Morgan fingerprint density at radius 2 is 1.59 bits per heavy atom. The van der Waals surface area contributed by atoms with E-state index in [1.54, 1.807) is 58.9 Å². The van der Waals surface area contributed by atoms with Crippen molar-refractivity contribution in [3.05, 3.63) is 59.7 Å². The number of carbonyl (C=O) groups is 1. The van der Waals surface area contributed by atoms with Crippen LogP contribution in [0.3, 0.4) is 0 Å². The molecule has 0 heterocycles. The highest BCUT2D eigenvalue weighted by atomic mass is 32.2. The standard InChI is InChI=1S/C20H27N3O3S/c1-14-11-12-16(13-17(14)27(25,26)23-19(2,3)4)22-18(24)20(5,21)15-9-7-6-8-10-15/h6-13,23H,21H2,1-5H3,(H,22,24). The summed E-state index contributed by atoms with van der Waals surface area (Å²) in [6.45, 7) is 8.63. The number of rotatable bonds is 5. The van der Waals surface area contributed by atoms with Gasteiger partial charge in [-0.1, -0.05) is 36.4 Å². The SMILES string of the molecule is Cc1ccc(NC(=O)C(C)(N)c2ccccc2)cc1S(=O)(=O)NC(C)(C)C. The molecular formula is C20H27N3O3S. The van der Waals surface area contributed by atoms with Gasteiger partial charge in [0.25, 0.3) is 0 Å². The molecule has 7 heteroatoms. The molecule has 0 spiro atoms. The fraction of sp³-hybridized carbons (Fsp3) is 0.350. The van der Waals surface area contributed by atoms with Crippen molar-refractivity contribution in [1.82, 2.24) is 4.72 Å². The number of anilines is 1. The molecule has 27 heavy (non-hydrogen) atoms. The Bertz CT molecular complexity index is 931. The molecule has 0 aliphatic carbocycles. The molecule has 1 amide bonds. The first-order chi connectivity index (χ1) is 12.3. The van der Waals surface area contributed by atoms with Gasteiger partial charge in [0.1, 0.15) is 5.54 Å². The van der Waals surface area contributed by atoms with Gasteiger partial charge in [0.15, 0.2) is 0 Å². The number of benzene rings is 2. The summed E-state index contributed by atoms with van der Waals surface area (Å²) in [4.78, 5) is 12.8. The van der Waals surface area contributed by atoms with Crippen molar-refractivity contribution >= 4 is 21.6 Å². The number of nitrogens with two attached hydrogens (primary N) is 1. The summed E-state index contributed by atoms with van der Waals surface area (Å²) in [6, 6.07) is 13.8. The molecule has 0 aromatic heterocycles. The molecule has 0 aliphatic heterocycles. The molecule has 146 valence electrons. The summed E-state index contributed by atoms with van der Waals surface area (Å²) in [5.74, 6) is -0.426. The van der Waals surface area contributed by atoms with E-state index in [1.807, 2.05) is 18.2 Å². The van der Waals surface area contributed by atoms with Crippen molar-refractivity contribution in [3.8, 4) is 0 Å². The molecular weight excluding hydrogens is 362 g/mol. The van der Waals surface area contributed by atoms with Gasteiger partial charge in [0.05, 0.1) is 4.90 Å². The lowest BCUT2D eigenvalue weighted by atomic mass is 9.92. The summed E-state index contributed by atoms with van der Waals surface area (Å²) < 4.78 is 28.0. The van der Waals surface area contributed by atoms with E-state index in [-0.39, 0.29) is 4.90 Å². The fourth-order valence-corrected chi connectivity index (χ4v) is 4.29. The molecule has 2 aromatic carbocycles. The number of nitrogens with one attached hydrogen (secondary N) is 2. The van der Waals surface area contributed by atoms with Crippen LogP contribution in [-0.4, -0.2) is 19.9 Å². The molecule has 2 rings (SSSR count). The topological polar surface area (TPSA) is 101 Å². The molecule has 0 saturated heterocycles. The number of hydrogen-bond acceptors (Lipinski definition) is 4. The van der Waals surface area contributed by atoms with E-state index in [9.17, 15) is 13.2 Å². The molecule has 0 bridgehead atoms. The van der Waals surface area contributed by atoms with Gasteiger partial charge in [0, 0.05) is 11.2 Å². The van der Waals surface area contributed by atoms with E-state index in [0.29, 0.717) is 16.8 Å². The van der Waals surface area contributed by atoms with Crippen LogP contribution < -0.4 is 15.8 Å². The molecule has 6 nitrogen and oxygen atoms in total. The first kappa shape index (κ1) is 21.1. The molecule has 1 unspecified atom stereocenters. The maximum absolute atomic E-state index is 12.7. The lowest BCUT2D eigenvalue weighted by molar-refractivity contribution is -0.120. The summed E-state index contributed by atoms with van der Waals surface area (Å²) >= 11 is 0. The van der Waals surface area contributed by atoms with Gasteiger partial charge in [-0.15, -0.1) is 0 Å². The Balaban J connectivity index is 2.32. The van der Waals surface area contributed by atoms with Gasteiger partial charge in [-0.3, -0.25) is 4.79 Å². The monoisotopic (exact) mass is 389 g/mol. The van der Waals surface area contributed by atoms with Crippen LogP contribution in [0.1, 0.15) is 38.8 Å². The van der Waals surface area contributed by atoms with Crippen LogP contribution in [0.5, 0.6) is 0 Å². The van der Waals surface area contributed by atoms with Gasteiger partial charge in [-0.2, -0.15) is 0 Å². The molecule has 0 radical (unpaired) electrons. The second-order valence-corrected chi connectivity index (χ2v) is 9.51. The molecule has 2 aromatic rings. The first-order valence-electron chi connectivity index (χ1n) is 8.63. The van der Waals surface area contributed by atoms with E-state index < -0.39 is 27.0 Å². The zero-order valence-corrected chi connectivity index (χ0v) is 17.1. The molecule has 4 N–H and O–H groups in total. The van der Waals surface area contributed by atoms with Crippen molar-refractivity contribution in [2.24, 2.45) is 5.73 Å². The van der Waals surface area contributed by atoms with Crippen LogP contribution >= 0.6 is 0 Å². The number of carbonyl (C=O) groups excluding carboxylic acids is 1. The predicted molar refractivity (Wildman–Crippen MR) is 108 cm³/mol. The summed E-state index contributed by atoms with van der Waals surface area (Å²) in [5, 5.41) is 2.73. The third-order valence-electron chi connectivity index (χ3n) is 4.02. The van der Waals surface area contributed by atoms with Gasteiger partial charge >= 0.3 is 0 Å². The second-order valence-electron chi connectivity index (χ2n) is 7.86. The summed E-state index contributed by atoms with van der Waals surface area (Å²) in [6.07, 6.45) is 0. The Morgan fingerprint density at radius 3 is 2.15 bits per heavy atom. The Morgan fingerprint density at radius 1 is 1.00 bits per heavy atom. The van der Waals surface area contributed by atoms with E-state index >= 15 is 0 Å². The van der Waals surface area contributed by atoms with Gasteiger partial charge in [-0.05, 0) is 57.9 Å². The van der Waals surface area contributed by atoms with E-state index in [4.69, 9.17) is 5.73 Å². The average Bonchev–Trinajstić information content (AvgIpc) is 2.55. The molecule has 0 saturated carbocycles. The normalized spacial score (nSPS) is 14.4. The van der Waals surface area contributed by atoms with E-state index in [2.05, 4.69) is 10.0 Å². The molecule has 1 atom stereocenters. The highest BCUT2D eigenvalue weighted by molar-refractivity contribution is 7.89. The summed E-state index contributed by atoms with van der Waals surface area (Å²) in [5.41, 5.74) is 5.97. The maximum Gasteiger partial charge on any atom is 0.248 e. The van der Waals surface area contributed by atoms with Crippen molar-refractivity contribution in [2.45, 2.75) is 50.6 Å². The minimum Gasteiger partial charge on any atom is -0.324 e. The van der Waals surface area contributed by atoms with E-state index in [0.717, 1.165) is 0 Å². The highest BCUT2D eigenvalue weighted by Gasteiger charge is 2.31. The smallest absolute Gasteiger partial charge is 0.248 e. The average molecular weight is 390 g/mol. The molecule has 0 aliphatic rings. The minimum atomic E-state index is -3.73. The Labute approximate surface area is 161 Å². The van der Waals surface area contributed by atoms with E-state index in [1.165, 1.54) is 6.07 Å². The zero-order valence-electron chi connectivity index (χ0n) is 16.3. The van der Waals surface area contributed by atoms with Crippen LogP contribution in [0.15, 0.2) is 53.4 Å². The van der Waals surface area contributed by atoms with Crippen LogP contribution in [0.4, 0.5) is 5.69 Å². The van der Waals surface area contributed by atoms with Crippen LogP contribution in [-0.2, 0) is 20.4 Å². The number of hydrogen-bond donors (Lipinski definition) is 3. The first-order valence-corrected chi connectivity index (χ1v) is 10.1. The van der Waals surface area contributed by atoms with Crippen LogP contribution in [0, 0.1) is 6.92 Å². The third kappa shape index (κ3) is 5.15. The van der Waals surface area contributed by atoms with Gasteiger partial charge in [-0.25, -0.2) is 13.1 Å². The maximum atomic E-state index is 12.7. The van der Waals surface area contributed by atoms with Gasteiger partial charge < -0.3 is 11.1 Å². The zero-order chi connectivity index (χ0) is 20.5. The predicted octanol–water partition coefficient (Wildman–Crippen LogP) is 2.88. The summed E-state index contributed by atoms with van der Waals surface area (Å²) in [7, 11) is -3.73. The number of amides is 1. The Hall–Kier alpha value is -2.22. The number of aryl methyl sites for hydroxylation is 1. The van der Waals surface area contributed by atoms with Crippen molar-refractivity contribution in [2.75, 3.05) is 5.32 Å². The van der Waals surface area contributed by atoms with Crippen LogP contribution in [0.25, 0.3) is 0 Å².